The number of rotatable bonds is 0. The van der Waals surface area contributed by atoms with E-state index in [-0.39, 0.29) is 110 Å². The molecule has 0 saturated carbocycles. The van der Waals surface area contributed by atoms with Gasteiger partial charge in [0.05, 0.1) is 0 Å². The zero-order chi connectivity index (χ0) is 2.00. The molecule has 0 spiro atoms. The summed E-state index contributed by atoms with van der Waals surface area (Å²) >= 11 is 1.35. The van der Waals surface area contributed by atoms with E-state index >= 15 is 0 Å². The first-order chi connectivity index (χ1) is 1.00. The molecule has 0 aromatic rings. The van der Waals surface area contributed by atoms with Crippen molar-refractivity contribution in [3.05, 3.63) is 0 Å². The Morgan fingerprint density at radius 3 is 1.14 bits per heavy atom. The van der Waals surface area contributed by atoms with E-state index < -0.39 is 0 Å². The molecule has 0 rings (SSSR count). The predicted octanol–water partition coefficient (Wildman–Crippen LogP) is -2.76. The molecule has 35 valence electrons. The van der Waals surface area contributed by atoms with E-state index in [4.69, 9.17) is 0 Å². The molecule has 0 aromatic carbocycles. The fourth-order valence-corrected chi connectivity index (χ4v) is 0. The molecule has 0 aromatic heterocycles. The van der Waals surface area contributed by atoms with Crippen LogP contribution in [0.3, 0.4) is 0 Å². The summed E-state index contributed by atoms with van der Waals surface area (Å²) in [7, 11) is 0. The Hall–Kier alpha value is 4.35. The van der Waals surface area contributed by atoms with Gasteiger partial charge in [0.25, 0.3) is 0 Å². The van der Waals surface area contributed by atoms with Crippen LogP contribution in [-0.4, -0.2) is 38.6 Å². The van der Waals surface area contributed by atoms with Gasteiger partial charge in [0.1, 0.15) is 0 Å². The molecule has 0 aliphatic rings. The minimum atomic E-state index is 0. The first kappa shape index (κ1) is 42.5. The van der Waals surface area contributed by atoms with Crippen molar-refractivity contribution < 1.29 is 100 Å². The minimum absolute atomic E-state index is 0. The Labute approximate surface area is 135 Å². The van der Waals surface area contributed by atoms with Crippen molar-refractivity contribution >= 4 is 38.6 Å². The van der Waals surface area contributed by atoms with Crippen molar-refractivity contribution in [2.75, 3.05) is 0 Å². The molecule has 0 saturated heterocycles. The molecule has 0 atom stereocenters. The van der Waals surface area contributed by atoms with Crippen LogP contribution in [-0.2, 0) is 64.6 Å². The molecular formula is H6BBeCrLaSbWZr. The largest absolute Gasteiger partial charge is 0 e. The van der Waals surface area contributed by atoms with Gasteiger partial charge >= 0.3 is 38.6 Å². The third-order valence-electron chi connectivity index (χ3n) is 0. The summed E-state index contributed by atoms with van der Waals surface area (Å²) in [6.07, 6.45) is 0. The monoisotopic (exact) mass is 612 g/mol. The second kappa shape index (κ2) is 47.8. The van der Waals surface area contributed by atoms with Gasteiger partial charge in [0.15, 0.2) is 0 Å². The Kier molecular flexibility index (Phi) is 290. The van der Waals surface area contributed by atoms with Crippen LogP contribution in [0.25, 0.3) is 0 Å². The van der Waals surface area contributed by atoms with Gasteiger partial charge in [0.2, 0.25) is 0 Å². The molecule has 0 fully saturated rings. The maximum Gasteiger partial charge on any atom is 0 e. The van der Waals surface area contributed by atoms with E-state index in [2.05, 4.69) is 5.64 Å². The SMILES string of the molecule is [BH2][SbH2].[BeH2].[Cr].[La].[W].[Zr]. The molecule has 7 heteroatoms. The molecule has 0 amide bonds. The van der Waals surface area contributed by atoms with Crippen LogP contribution in [0.4, 0.5) is 0 Å². The van der Waals surface area contributed by atoms with Crippen molar-refractivity contribution in [2.45, 2.75) is 0 Å². The standard InChI is InChI=1S/BH2.Be.Cr.La.Sb.W.Zr.4H/h1H2;;;;;;;;;;/q+1;;;;-1;;;;;;. The first-order valence-electron chi connectivity index (χ1n) is 0.577. The maximum absolute atomic E-state index is 2.13. The average molecular weight is 614 g/mol. The van der Waals surface area contributed by atoms with Crippen molar-refractivity contribution in [2.24, 2.45) is 0 Å². The van der Waals surface area contributed by atoms with E-state index in [1.165, 1.54) is 22.8 Å². The van der Waals surface area contributed by atoms with E-state index in [9.17, 15) is 0 Å². The van der Waals surface area contributed by atoms with Crippen LogP contribution in [0.1, 0.15) is 0 Å². The van der Waals surface area contributed by atoms with Crippen LogP contribution in [0, 0.1) is 35.6 Å². The summed E-state index contributed by atoms with van der Waals surface area (Å²) in [4.78, 5) is 0. The molecule has 0 N–H and O–H groups in total. The molecule has 0 aliphatic heterocycles. The second-order valence-electron chi connectivity index (χ2n) is 0. The average Bonchev–Trinajstić information content (AvgIpc) is 1.00. The van der Waals surface area contributed by atoms with Gasteiger partial charge in [-0.15, -0.1) is 0 Å². The summed E-state index contributed by atoms with van der Waals surface area (Å²) in [5.41, 5.74) is 2.13. The van der Waals surface area contributed by atoms with Crippen LogP contribution in [0.5, 0.6) is 0 Å². The molecule has 0 unspecified atom stereocenters. The quantitative estimate of drug-likeness (QED) is 0.260. The molecule has 0 bridgehead atoms. The van der Waals surface area contributed by atoms with Crippen molar-refractivity contribution in [3.63, 3.8) is 0 Å². The van der Waals surface area contributed by atoms with E-state index in [0.29, 0.717) is 0 Å². The van der Waals surface area contributed by atoms with Crippen LogP contribution < -0.4 is 0 Å². The fraction of sp³-hybridized carbons (Fsp3) is 0. The van der Waals surface area contributed by atoms with Crippen LogP contribution >= 0.6 is 0 Å². The smallest absolute Gasteiger partial charge is 0 e. The third kappa shape index (κ3) is 38.1. The van der Waals surface area contributed by atoms with Crippen molar-refractivity contribution in [1.29, 1.82) is 0 Å². The Bertz CT molecular complexity index is 19.7. The maximum atomic E-state index is 2.13. The summed E-state index contributed by atoms with van der Waals surface area (Å²) in [6, 6.07) is 0. The van der Waals surface area contributed by atoms with E-state index in [1.807, 2.05) is 0 Å². The number of hydrogen-bond acceptors (Lipinski definition) is 0. The number of hydrogen-bond donors (Lipinski definition) is 0. The summed E-state index contributed by atoms with van der Waals surface area (Å²) in [6.45, 7) is 0. The molecule has 7 heavy (non-hydrogen) atoms. The molecular weight excluding hydrogens is 608 g/mol. The Morgan fingerprint density at radius 1 is 1.14 bits per heavy atom. The van der Waals surface area contributed by atoms with Gasteiger partial charge < -0.3 is 0 Å². The fourth-order valence-electron chi connectivity index (χ4n) is 0. The van der Waals surface area contributed by atoms with Gasteiger partial charge in [0, 0.05) is 100 Å². The third-order valence-corrected chi connectivity index (χ3v) is 0. The molecule has 0 heterocycles. The Morgan fingerprint density at radius 2 is 1.14 bits per heavy atom. The van der Waals surface area contributed by atoms with E-state index in [1.54, 1.807) is 0 Å². The van der Waals surface area contributed by atoms with Gasteiger partial charge in [-0.1, -0.05) is 0 Å². The Balaban J connectivity index is -0.000000000500. The summed E-state index contributed by atoms with van der Waals surface area (Å²) in [5, 5.41) is 0. The van der Waals surface area contributed by atoms with E-state index in [0.717, 1.165) is 0 Å². The molecule has 0 nitrogen and oxygen atoms in total. The van der Waals surface area contributed by atoms with Crippen molar-refractivity contribution in [3.8, 4) is 0 Å². The van der Waals surface area contributed by atoms with Crippen LogP contribution in [0.2, 0.25) is 0 Å². The normalized spacial score (nSPS) is 0.714. The summed E-state index contributed by atoms with van der Waals surface area (Å²) in [5.74, 6) is 0. The van der Waals surface area contributed by atoms with Gasteiger partial charge in [-0.2, -0.15) is 0 Å². The van der Waals surface area contributed by atoms with Crippen LogP contribution in [0.15, 0.2) is 0 Å². The minimum Gasteiger partial charge on any atom is 0 e. The molecule has 0 aliphatic carbocycles. The predicted molar refractivity (Wildman–Crippen MR) is 25.6 cm³/mol. The van der Waals surface area contributed by atoms with Gasteiger partial charge in [-0.3, -0.25) is 0 Å². The zero-order valence-corrected chi connectivity index (χ0v) is 17.1. The first-order valence-corrected chi connectivity index (χ1v) is 3.87. The van der Waals surface area contributed by atoms with Crippen molar-refractivity contribution in [1.82, 2.24) is 0 Å². The topological polar surface area (TPSA) is 0 Å². The van der Waals surface area contributed by atoms with Gasteiger partial charge in [-0.25, -0.2) is 0 Å². The van der Waals surface area contributed by atoms with Gasteiger partial charge in [-0.05, 0) is 0 Å². The molecule has 1 radical (unpaired) electrons. The zero-order valence-electron chi connectivity index (χ0n) is 3.47. The second-order valence-corrected chi connectivity index (χ2v) is 0. The summed E-state index contributed by atoms with van der Waals surface area (Å²) < 4.78 is 0.